The van der Waals surface area contributed by atoms with Gasteiger partial charge in [-0.1, -0.05) is 28.9 Å². The van der Waals surface area contributed by atoms with Crippen LogP contribution in [0.15, 0.2) is 34.9 Å². The minimum atomic E-state index is 0.797. The fraction of sp³-hybridized carbons (Fsp3) is 0.462. The molecule has 0 aliphatic carbocycles. The second-order valence-electron chi connectivity index (χ2n) is 3.81. The molecule has 14 heavy (non-hydrogen) atoms. The molecule has 0 aliphatic rings. The van der Waals surface area contributed by atoms with E-state index in [2.05, 4.69) is 27.7 Å². The molecule has 0 aromatic rings. The van der Waals surface area contributed by atoms with E-state index in [4.69, 9.17) is 0 Å². The number of carbonyl (C=O) groups excluding carboxylic acids is 1. The molecule has 0 bridgehead atoms. The van der Waals surface area contributed by atoms with Crippen LogP contribution in [0.25, 0.3) is 0 Å². The van der Waals surface area contributed by atoms with Gasteiger partial charge in [0.05, 0.1) is 0 Å². The summed E-state index contributed by atoms with van der Waals surface area (Å²) < 4.78 is 0. The Morgan fingerprint density at radius 2 is 1.64 bits per heavy atom. The van der Waals surface area contributed by atoms with Gasteiger partial charge in [0.15, 0.2) is 0 Å². The highest BCUT2D eigenvalue weighted by Gasteiger charge is 1.93. The first-order valence-electron chi connectivity index (χ1n) is 4.98. The number of allylic oxidation sites excluding steroid dienone is 6. The maximum Gasteiger partial charge on any atom is 0.142 e. The van der Waals surface area contributed by atoms with Gasteiger partial charge in [-0.3, -0.25) is 4.79 Å². The van der Waals surface area contributed by atoms with E-state index in [1.807, 2.05) is 6.08 Å². The topological polar surface area (TPSA) is 17.1 Å². The van der Waals surface area contributed by atoms with Crippen LogP contribution in [-0.2, 0) is 4.79 Å². The van der Waals surface area contributed by atoms with Crippen molar-refractivity contribution in [2.24, 2.45) is 0 Å². The molecule has 1 heteroatoms. The maximum absolute atomic E-state index is 10.0. The van der Waals surface area contributed by atoms with Gasteiger partial charge < -0.3 is 0 Å². The zero-order valence-corrected chi connectivity index (χ0v) is 9.63. The van der Waals surface area contributed by atoms with Crippen molar-refractivity contribution in [1.29, 1.82) is 0 Å². The third-order valence-electron chi connectivity index (χ3n) is 2.32. The zero-order chi connectivity index (χ0) is 11.0. The molecule has 0 saturated heterocycles. The van der Waals surface area contributed by atoms with Crippen molar-refractivity contribution in [3.05, 3.63) is 34.9 Å². The van der Waals surface area contributed by atoms with Crippen LogP contribution in [0.3, 0.4) is 0 Å². The predicted octanol–water partition coefficient (Wildman–Crippen LogP) is 3.82. The number of hydrogen-bond donors (Lipinski definition) is 0. The predicted molar refractivity (Wildman–Crippen MR) is 62.2 cm³/mol. The monoisotopic (exact) mass is 192 g/mol. The molecule has 0 radical (unpaired) electrons. The van der Waals surface area contributed by atoms with Gasteiger partial charge in [-0.05, 0) is 46.6 Å². The molecule has 0 spiro atoms. The first-order chi connectivity index (χ1) is 6.57. The standard InChI is InChI=1S/C13H20O/c1-11(2)13(4)9-8-12(3)7-5-6-10-14/h5-7,10H,8-9H2,1-4H3. The summed E-state index contributed by atoms with van der Waals surface area (Å²) in [4.78, 5) is 10.0. The van der Waals surface area contributed by atoms with Gasteiger partial charge in [0.1, 0.15) is 6.29 Å². The molecule has 0 amide bonds. The van der Waals surface area contributed by atoms with Crippen LogP contribution < -0.4 is 0 Å². The first kappa shape index (κ1) is 12.9. The second-order valence-corrected chi connectivity index (χ2v) is 3.81. The summed E-state index contributed by atoms with van der Waals surface area (Å²) in [5.41, 5.74) is 4.17. The van der Waals surface area contributed by atoms with E-state index in [-0.39, 0.29) is 0 Å². The Morgan fingerprint density at radius 3 is 2.14 bits per heavy atom. The lowest BCUT2D eigenvalue weighted by Gasteiger charge is -2.03. The molecule has 0 aromatic carbocycles. The van der Waals surface area contributed by atoms with Crippen LogP contribution in [0.5, 0.6) is 0 Å². The van der Waals surface area contributed by atoms with Crippen molar-refractivity contribution in [1.82, 2.24) is 0 Å². The van der Waals surface area contributed by atoms with Gasteiger partial charge in [-0.15, -0.1) is 0 Å². The third-order valence-corrected chi connectivity index (χ3v) is 2.32. The van der Waals surface area contributed by atoms with Gasteiger partial charge in [-0.25, -0.2) is 0 Å². The van der Waals surface area contributed by atoms with Crippen molar-refractivity contribution in [2.75, 3.05) is 0 Å². The van der Waals surface area contributed by atoms with Gasteiger partial charge in [-0.2, -0.15) is 0 Å². The average Bonchev–Trinajstić information content (AvgIpc) is 2.14. The Bertz CT molecular complexity index is 263. The lowest BCUT2D eigenvalue weighted by Crippen LogP contribution is -1.83. The van der Waals surface area contributed by atoms with Gasteiger partial charge in [0, 0.05) is 0 Å². The highest BCUT2D eigenvalue weighted by Crippen LogP contribution is 2.13. The normalized spacial score (nSPS) is 11.9. The van der Waals surface area contributed by atoms with E-state index in [9.17, 15) is 4.79 Å². The summed E-state index contributed by atoms with van der Waals surface area (Å²) in [7, 11) is 0. The summed E-state index contributed by atoms with van der Waals surface area (Å²) in [6.07, 6.45) is 8.27. The van der Waals surface area contributed by atoms with Gasteiger partial charge >= 0.3 is 0 Å². The van der Waals surface area contributed by atoms with Gasteiger partial charge in [0.2, 0.25) is 0 Å². The number of aldehydes is 1. The lowest BCUT2D eigenvalue weighted by atomic mass is 10.0. The van der Waals surface area contributed by atoms with Crippen LogP contribution in [0.2, 0.25) is 0 Å². The molecule has 0 aromatic heterocycles. The third kappa shape index (κ3) is 6.41. The second kappa shape index (κ2) is 7.31. The quantitative estimate of drug-likeness (QED) is 0.280. The summed E-state index contributed by atoms with van der Waals surface area (Å²) in [6.45, 7) is 8.54. The fourth-order valence-corrected chi connectivity index (χ4v) is 0.983. The lowest BCUT2D eigenvalue weighted by molar-refractivity contribution is -0.104. The van der Waals surface area contributed by atoms with Crippen molar-refractivity contribution < 1.29 is 4.79 Å². The Labute approximate surface area is 87.2 Å². The van der Waals surface area contributed by atoms with E-state index in [1.165, 1.54) is 22.8 Å². The minimum absolute atomic E-state index is 0.797. The Morgan fingerprint density at radius 1 is 1.00 bits per heavy atom. The molecule has 0 unspecified atom stereocenters. The molecule has 0 N–H and O–H groups in total. The van der Waals surface area contributed by atoms with E-state index in [0.29, 0.717) is 0 Å². The fourth-order valence-electron chi connectivity index (χ4n) is 0.983. The average molecular weight is 192 g/mol. The molecule has 0 heterocycles. The highest BCUT2D eigenvalue weighted by atomic mass is 16.1. The largest absolute Gasteiger partial charge is 0.299 e. The van der Waals surface area contributed by atoms with Crippen molar-refractivity contribution in [3.63, 3.8) is 0 Å². The molecule has 78 valence electrons. The zero-order valence-electron chi connectivity index (χ0n) is 9.63. The highest BCUT2D eigenvalue weighted by molar-refractivity contribution is 5.65. The van der Waals surface area contributed by atoms with Crippen LogP contribution in [0, 0.1) is 0 Å². The van der Waals surface area contributed by atoms with Crippen LogP contribution in [0.4, 0.5) is 0 Å². The smallest absolute Gasteiger partial charge is 0.142 e. The molecule has 0 rings (SSSR count). The van der Waals surface area contributed by atoms with Crippen LogP contribution in [-0.4, -0.2) is 6.29 Å². The number of carbonyl (C=O) groups is 1. The Balaban J connectivity index is 4.02. The van der Waals surface area contributed by atoms with E-state index < -0.39 is 0 Å². The first-order valence-corrected chi connectivity index (χ1v) is 4.98. The summed E-state index contributed by atoms with van der Waals surface area (Å²) in [6, 6.07) is 0. The molecule has 0 atom stereocenters. The van der Waals surface area contributed by atoms with Crippen LogP contribution in [0.1, 0.15) is 40.5 Å². The number of rotatable bonds is 5. The van der Waals surface area contributed by atoms with E-state index in [1.54, 1.807) is 6.08 Å². The van der Waals surface area contributed by atoms with Crippen molar-refractivity contribution in [3.8, 4) is 0 Å². The maximum atomic E-state index is 10.0. The van der Waals surface area contributed by atoms with Gasteiger partial charge in [0.25, 0.3) is 0 Å². The molecule has 0 saturated carbocycles. The Kier molecular flexibility index (Phi) is 6.73. The van der Waals surface area contributed by atoms with Crippen molar-refractivity contribution in [2.45, 2.75) is 40.5 Å². The molecule has 1 nitrogen and oxygen atoms in total. The molecular weight excluding hydrogens is 172 g/mol. The SMILES string of the molecule is CC(=CC=CC=O)CCC(C)=C(C)C. The molecular formula is C13H20O. The molecule has 0 fully saturated rings. The number of hydrogen-bond acceptors (Lipinski definition) is 1. The van der Waals surface area contributed by atoms with E-state index in [0.717, 1.165) is 19.1 Å². The van der Waals surface area contributed by atoms with Crippen LogP contribution >= 0.6 is 0 Å². The minimum Gasteiger partial charge on any atom is -0.299 e. The Hall–Kier alpha value is -1.11. The summed E-state index contributed by atoms with van der Waals surface area (Å²) in [5.74, 6) is 0. The van der Waals surface area contributed by atoms with Crippen molar-refractivity contribution >= 4 is 6.29 Å². The summed E-state index contributed by atoms with van der Waals surface area (Å²) >= 11 is 0. The molecule has 0 aliphatic heterocycles. The summed E-state index contributed by atoms with van der Waals surface area (Å²) in [5, 5.41) is 0. The van der Waals surface area contributed by atoms with E-state index >= 15 is 0 Å².